The Hall–Kier alpha value is -3.22. The first-order chi connectivity index (χ1) is 15.5. The number of amides is 3. The van der Waals surface area contributed by atoms with E-state index in [0.29, 0.717) is 16.5 Å². The number of nitrogens with zero attached hydrogens (tertiary/aromatic N) is 2. The fraction of sp³-hybridized carbons (Fsp3) is 0.440. The molecule has 2 aliphatic rings. The lowest BCUT2D eigenvalue weighted by molar-refractivity contribution is -0.152. The van der Waals surface area contributed by atoms with Crippen molar-refractivity contribution in [1.29, 1.82) is 0 Å². The zero-order chi connectivity index (χ0) is 22.7. The predicted octanol–water partition coefficient (Wildman–Crippen LogP) is 3.55. The van der Waals surface area contributed by atoms with Gasteiger partial charge >= 0.3 is 5.97 Å². The van der Waals surface area contributed by atoms with Crippen LogP contribution in [0.1, 0.15) is 65.7 Å². The Morgan fingerprint density at radius 2 is 1.62 bits per heavy atom. The molecule has 0 bridgehead atoms. The molecule has 1 heterocycles. The van der Waals surface area contributed by atoms with Gasteiger partial charge in [0.25, 0.3) is 17.7 Å². The minimum Gasteiger partial charge on any atom is -0.456 e. The molecular formula is C25H28N2O5. The molecule has 0 atom stereocenters. The van der Waals surface area contributed by atoms with E-state index in [-0.39, 0.29) is 49.8 Å². The number of likely N-dealkylation sites (N-methyl/N-ethyl adjacent to an activating group) is 1. The van der Waals surface area contributed by atoms with Crippen LogP contribution in [0.3, 0.4) is 0 Å². The Bertz CT molecular complexity index is 1010. The Morgan fingerprint density at radius 1 is 1.00 bits per heavy atom. The van der Waals surface area contributed by atoms with E-state index in [1.807, 2.05) is 12.1 Å². The van der Waals surface area contributed by atoms with E-state index in [1.165, 1.54) is 11.3 Å². The van der Waals surface area contributed by atoms with E-state index >= 15 is 0 Å². The molecule has 4 rings (SSSR count). The van der Waals surface area contributed by atoms with Crippen LogP contribution in [0, 0.1) is 0 Å². The van der Waals surface area contributed by atoms with E-state index in [2.05, 4.69) is 0 Å². The van der Waals surface area contributed by atoms with Crippen LogP contribution in [0.25, 0.3) is 10.8 Å². The van der Waals surface area contributed by atoms with Gasteiger partial charge in [0.15, 0.2) is 6.61 Å². The second kappa shape index (κ2) is 9.51. The van der Waals surface area contributed by atoms with Crippen molar-refractivity contribution in [3.8, 4) is 0 Å². The standard InChI is InChI=1S/C25H28N2O5/c1-26(18-10-3-2-4-11-18)21(28)16-32-22(29)14-7-15-27-24(30)19-12-5-8-17-9-6-13-20(23(17)19)25(27)31/h5-6,8-9,12-13,18H,2-4,7,10-11,14-16H2,1H3. The number of carbonyl (C=O) groups is 4. The first-order valence-corrected chi connectivity index (χ1v) is 11.3. The molecule has 2 aromatic carbocycles. The molecule has 0 spiro atoms. The molecule has 0 aromatic heterocycles. The molecule has 2 aromatic rings. The summed E-state index contributed by atoms with van der Waals surface area (Å²) in [5.74, 6) is -1.40. The Labute approximate surface area is 187 Å². The quantitative estimate of drug-likeness (QED) is 0.490. The fourth-order valence-electron chi connectivity index (χ4n) is 4.65. The van der Waals surface area contributed by atoms with Crippen molar-refractivity contribution >= 4 is 34.5 Å². The van der Waals surface area contributed by atoms with Crippen molar-refractivity contribution in [2.24, 2.45) is 0 Å². The second-order valence-electron chi connectivity index (χ2n) is 8.53. The van der Waals surface area contributed by atoms with Crippen molar-refractivity contribution in [3.63, 3.8) is 0 Å². The SMILES string of the molecule is CN(C(=O)COC(=O)CCCN1C(=O)c2cccc3cccc(c23)C1=O)C1CCCCC1. The Kier molecular flexibility index (Phi) is 6.53. The zero-order valence-corrected chi connectivity index (χ0v) is 18.3. The van der Waals surface area contributed by atoms with Crippen LogP contribution in [-0.2, 0) is 14.3 Å². The van der Waals surface area contributed by atoms with Gasteiger partial charge in [-0.25, -0.2) is 0 Å². The maximum absolute atomic E-state index is 12.9. The highest BCUT2D eigenvalue weighted by molar-refractivity contribution is 6.25. The van der Waals surface area contributed by atoms with Crippen molar-refractivity contribution in [2.75, 3.05) is 20.2 Å². The normalized spacial score (nSPS) is 16.3. The number of hydrogen-bond acceptors (Lipinski definition) is 5. The van der Waals surface area contributed by atoms with Gasteiger partial charge in [-0.3, -0.25) is 24.1 Å². The maximum atomic E-state index is 12.9. The molecule has 1 saturated carbocycles. The van der Waals surface area contributed by atoms with Crippen molar-refractivity contribution < 1.29 is 23.9 Å². The van der Waals surface area contributed by atoms with Crippen LogP contribution in [0.4, 0.5) is 0 Å². The number of imide groups is 1. The summed E-state index contributed by atoms with van der Waals surface area (Å²) in [6.45, 7) is -0.157. The number of rotatable bonds is 7. The zero-order valence-electron chi connectivity index (χ0n) is 18.3. The van der Waals surface area contributed by atoms with Gasteiger partial charge in [0.1, 0.15) is 0 Å². The summed E-state index contributed by atoms with van der Waals surface area (Å²) >= 11 is 0. The van der Waals surface area contributed by atoms with E-state index in [1.54, 1.807) is 36.2 Å². The van der Waals surface area contributed by atoms with Gasteiger partial charge < -0.3 is 9.64 Å². The molecule has 1 fully saturated rings. The highest BCUT2D eigenvalue weighted by Gasteiger charge is 2.32. The van der Waals surface area contributed by atoms with E-state index in [0.717, 1.165) is 31.1 Å². The number of ether oxygens (including phenoxy) is 1. The third-order valence-electron chi connectivity index (χ3n) is 6.49. The molecule has 0 N–H and O–H groups in total. The monoisotopic (exact) mass is 436 g/mol. The highest BCUT2D eigenvalue weighted by Crippen LogP contribution is 2.30. The summed E-state index contributed by atoms with van der Waals surface area (Å²) in [5.41, 5.74) is 0.994. The molecule has 0 unspecified atom stereocenters. The molecule has 0 saturated heterocycles. The number of esters is 1. The van der Waals surface area contributed by atoms with Gasteiger partial charge in [-0.05, 0) is 36.8 Å². The van der Waals surface area contributed by atoms with Gasteiger partial charge in [-0.1, -0.05) is 43.5 Å². The average molecular weight is 437 g/mol. The van der Waals surface area contributed by atoms with E-state index < -0.39 is 5.97 Å². The molecule has 7 nitrogen and oxygen atoms in total. The van der Waals surface area contributed by atoms with Gasteiger partial charge in [-0.15, -0.1) is 0 Å². The number of carbonyl (C=O) groups excluding carboxylic acids is 4. The largest absolute Gasteiger partial charge is 0.456 e. The number of benzene rings is 2. The Balaban J connectivity index is 1.28. The molecule has 32 heavy (non-hydrogen) atoms. The summed E-state index contributed by atoms with van der Waals surface area (Å²) in [4.78, 5) is 53.0. The molecule has 3 amide bonds. The third-order valence-corrected chi connectivity index (χ3v) is 6.49. The van der Waals surface area contributed by atoms with Gasteiger partial charge in [-0.2, -0.15) is 0 Å². The molecule has 168 valence electrons. The van der Waals surface area contributed by atoms with E-state index in [4.69, 9.17) is 4.74 Å². The maximum Gasteiger partial charge on any atom is 0.306 e. The Morgan fingerprint density at radius 3 is 2.25 bits per heavy atom. The fourth-order valence-corrected chi connectivity index (χ4v) is 4.65. The van der Waals surface area contributed by atoms with Crippen LogP contribution in [0.2, 0.25) is 0 Å². The lowest BCUT2D eigenvalue weighted by Gasteiger charge is -2.31. The summed E-state index contributed by atoms with van der Waals surface area (Å²) in [5, 5.41) is 1.54. The first kappa shape index (κ1) is 22.0. The number of hydrogen-bond donors (Lipinski definition) is 0. The average Bonchev–Trinajstić information content (AvgIpc) is 2.83. The molecule has 1 aliphatic carbocycles. The third kappa shape index (κ3) is 4.38. The van der Waals surface area contributed by atoms with Crippen LogP contribution in [0.15, 0.2) is 36.4 Å². The van der Waals surface area contributed by atoms with Crippen molar-refractivity contribution in [2.45, 2.75) is 51.0 Å². The lowest BCUT2D eigenvalue weighted by atomic mass is 9.94. The molecule has 7 heteroatoms. The second-order valence-corrected chi connectivity index (χ2v) is 8.53. The van der Waals surface area contributed by atoms with E-state index in [9.17, 15) is 19.2 Å². The van der Waals surface area contributed by atoms with Crippen LogP contribution >= 0.6 is 0 Å². The lowest BCUT2D eigenvalue weighted by Crippen LogP contribution is -2.41. The summed E-state index contributed by atoms with van der Waals surface area (Å²) < 4.78 is 5.14. The molecular weight excluding hydrogens is 408 g/mol. The van der Waals surface area contributed by atoms with Crippen LogP contribution < -0.4 is 0 Å². The van der Waals surface area contributed by atoms with Gasteiger partial charge in [0.05, 0.1) is 0 Å². The predicted molar refractivity (Wildman–Crippen MR) is 119 cm³/mol. The molecule has 0 radical (unpaired) electrons. The van der Waals surface area contributed by atoms with Crippen LogP contribution in [-0.4, -0.2) is 59.7 Å². The minimum atomic E-state index is -0.505. The minimum absolute atomic E-state index is 0.0311. The van der Waals surface area contributed by atoms with Crippen molar-refractivity contribution in [1.82, 2.24) is 9.80 Å². The van der Waals surface area contributed by atoms with Crippen LogP contribution in [0.5, 0.6) is 0 Å². The summed E-state index contributed by atoms with van der Waals surface area (Å²) in [6.07, 6.45) is 5.74. The van der Waals surface area contributed by atoms with Gasteiger partial charge in [0.2, 0.25) is 0 Å². The highest BCUT2D eigenvalue weighted by atomic mass is 16.5. The summed E-state index contributed by atoms with van der Waals surface area (Å²) in [7, 11) is 1.76. The van der Waals surface area contributed by atoms with Crippen molar-refractivity contribution in [3.05, 3.63) is 47.5 Å². The molecule has 1 aliphatic heterocycles. The first-order valence-electron chi connectivity index (χ1n) is 11.3. The summed E-state index contributed by atoms with van der Waals surface area (Å²) in [6, 6.07) is 11.0. The smallest absolute Gasteiger partial charge is 0.306 e. The topological polar surface area (TPSA) is 84.0 Å². The van der Waals surface area contributed by atoms with Gasteiger partial charge in [0, 0.05) is 42.6 Å².